The number of likely N-dealkylation sites (tertiary alicyclic amines) is 1. The zero-order valence-electron chi connectivity index (χ0n) is 18.7. The number of piperidine rings is 1. The van der Waals surface area contributed by atoms with Gasteiger partial charge in [-0.15, -0.1) is 0 Å². The number of non-ortho nitro benzene ring substituents is 1. The van der Waals surface area contributed by atoms with Crippen LogP contribution in [0.1, 0.15) is 36.1 Å². The number of nitrogens with one attached hydrogen (secondary N) is 1. The van der Waals surface area contributed by atoms with Crippen LogP contribution in [0.5, 0.6) is 5.75 Å². The van der Waals surface area contributed by atoms with Crippen molar-refractivity contribution in [3.63, 3.8) is 0 Å². The molecule has 170 valence electrons. The topological polar surface area (TPSA) is 88.5 Å². The number of ether oxygens (including phenoxy) is 1. The van der Waals surface area contributed by atoms with Crippen LogP contribution >= 0.6 is 0 Å². The van der Waals surface area contributed by atoms with E-state index in [1.54, 1.807) is 19.2 Å². The summed E-state index contributed by atoms with van der Waals surface area (Å²) in [5.74, 6) is 1.60. The molecule has 0 radical (unpaired) electrons. The highest BCUT2D eigenvalue weighted by Gasteiger charge is 2.50. The van der Waals surface area contributed by atoms with Crippen LogP contribution in [0.2, 0.25) is 0 Å². The fourth-order valence-electron chi connectivity index (χ4n) is 6.12. The minimum atomic E-state index is -0.334. The molecule has 3 aliphatic rings. The summed E-state index contributed by atoms with van der Waals surface area (Å²) in [7, 11) is 1.69. The van der Waals surface area contributed by atoms with E-state index < -0.39 is 0 Å². The molecule has 1 amide bonds. The third-order valence-electron chi connectivity index (χ3n) is 8.06. The first-order valence-electron chi connectivity index (χ1n) is 11.7. The van der Waals surface area contributed by atoms with E-state index in [-0.39, 0.29) is 27.9 Å². The third kappa shape index (κ3) is 3.21. The molecule has 1 unspecified atom stereocenters. The smallest absolute Gasteiger partial charge is 0.270 e. The molecule has 0 bridgehead atoms. The van der Waals surface area contributed by atoms with Gasteiger partial charge in [0.25, 0.3) is 5.69 Å². The summed E-state index contributed by atoms with van der Waals surface area (Å²) in [6.07, 6.45) is 4.54. The molecule has 2 atom stereocenters. The highest BCUT2D eigenvalue weighted by molar-refractivity contribution is 5.87. The first-order valence-corrected chi connectivity index (χ1v) is 11.7. The van der Waals surface area contributed by atoms with Crippen LogP contribution in [-0.2, 0) is 23.1 Å². The van der Waals surface area contributed by atoms with Crippen molar-refractivity contribution in [2.24, 2.45) is 11.8 Å². The van der Waals surface area contributed by atoms with Gasteiger partial charge in [0.2, 0.25) is 5.91 Å². The Morgan fingerprint density at radius 2 is 2.09 bits per heavy atom. The Morgan fingerprint density at radius 3 is 2.85 bits per heavy atom. The van der Waals surface area contributed by atoms with Gasteiger partial charge in [0, 0.05) is 53.2 Å². The molecule has 33 heavy (non-hydrogen) atoms. The molecule has 0 spiro atoms. The Hall–Kier alpha value is -3.35. The van der Waals surface area contributed by atoms with Gasteiger partial charge in [-0.2, -0.15) is 0 Å². The van der Waals surface area contributed by atoms with Crippen molar-refractivity contribution in [3.05, 3.63) is 69.4 Å². The number of fused-ring (bicyclic) bond motifs is 4. The van der Waals surface area contributed by atoms with E-state index in [4.69, 9.17) is 4.74 Å². The molecular weight excluding hydrogens is 418 g/mol. The second-order valence-corrected chi connectivity index (χ2v) is 9.84. The predicted molar refractivity (Wildman–Crippen MR) is 124 cm³/mol. The molecule has 7 nitrogen and oxygen atoms in total. The number of carbonyl (C=O) groups is 1. The summed E-state index contributed by atoms with van der Waals surface area (Å²) in [4.78, 5) is 29.6. The maximum atomic E-state index is 12.9. The van der Waals surface area contributed by atoms with Gasteiger partial charge in [-0.3, -0.25) is 14.9 Å². The van der Waals surface area contributed by atoms with E-state index >= 15 is 0 Å². The van der Waals surface area contributed by atoms with Crippen LogP contribution < -0.4 is 4.74 Å². The van der Waals surface area contributed by atoms with Crippen molar-refractivity contribution in [3.8, 4) is 5.75 Å². The minimum Gasteiger partial charge on any atom is -0.497 e. The SMILES string of the molecule is COc1cccc([C@]23CCN(C(=O)C4CC4)CC2Cc2c([nH]c4ccc([N+](=O)[O-])cc24)C3)c1. The lowest BCUT2D eigenvalue weighted by Crippen LogP contribution is -2.55. The summed E-state index contributed by atoms with van der Waals surface area (Å²) >= 11 is 0. The number of nitro groups is 1. The summed E-state index contributed by atoms with van der Waals surface area (Å²) in [5.41, 5.74) is 4.53. The van der Waals surface area contributed by atoms with Gasteiger partial charge in [0.05, 0.1) is 12.0 Å². The number of methoxy groups -OCH3 is 1. The number of nitrogens with zero attached hydrogens (tertiary/aromatic N) is 2. The molecule has 1 N–H and O–H groups in total. The zero-order valence-corrected chi connectivity index (χ0v) is 18.7. The fraction of sp³-hybridized carbons (Fsp3) is 0.423. The van der Waals surface area contributed by atoms with Crippen molar-refractivity contribution >= 4 is 22.5 Å². The van der Waals surface area contributed by atoms with Gasteiger partial charge < -0.3 is 14.6 Å². The van der Waals surface area contributed by atoms with E-state index in [1.165, 1.54) is 5.56 Å². The lowest BCUT2D eigenvalue weighted by atomic mass is 9.58. The average molecular weight is 446 g/mol. The van der Waals surface area contributed by atoms with Gasteiger partial charge >= 0.3 is 0 Å². The van der Waals surface area contributed by atoms with Gasteiger partial charge in [-0.1, -0.05) is 12.1 Å². The Labute approximate surface area is 191 Å². The normalized spacial score (nSPS) is 24.3. The first kappa shape index (κ1) is 20.3. The number of hydrogen-bond acceptors (Lipinski definition) is 4. The van der Waals surface area contributed by atoms with Crippen LogP contribution in [0.3, 0.4) is 0 Å². The lowest BCUT2D eigenvalue weighted by molar-refractivity contribution is -0.384. The zero-order chi connectivity index (χ0) is 22.7. The molecule has 2 aliphatic carbocycles. The second-order valence-electron chi connectivity index (χ2n) is 9.84. The monoisotopic (exact) mass is 445 g/mol. The minimum absolute atomic E-state index is 0.102. The summed E-state index contributed by atoms with van der Waals surface area (Å²) in [6.45, 7) is 1.50. The van der Waals surface area contributed by atoms with Gasteiger partial charge in [-0.05, 0) is 67.3 Å². The fourth-order valence-corrected chi connectivity index (χ4v) is 6.12. The van der Waals surface area contributed by atoms with Crippen molar-refractivity contribution in [1.29, 1.82) is 0 Å². The molecule has 1 aromatic heterocycles. The second kappa shape index (κ2) is 7.33. The molecular formula is C26H27N3O4. The van der Waals surface area contributed by atoms with Gasteiger partial charge in [0.1, 0.15) is 5.75 Å². The van der Waals surface area contributed by atoms with E-state index in [2.05, 4.69) is 22.0 Å². The molecule has 7 heteroatoms. The molecule has 3 aromatic rings. The number of aromatic amines is 1. The number of amides is 1. The molecule has 1 saturated heterocycles. The molecule has 2 fully saturated rings. The largest absolute Gasteiger partial charge is 0.497 e. The summed E-state index contributed by atoms with van der Waals surface area (Å²) in [5, 5.41) is 12.3. The van der Waals surface area contributed by atoms with Crippen LogP contribution in [0.4, 0.5) is 5.69 Å². The van der Waals surface area contributed by atoms with Crippen molar-refractivity contribution in [2.45, 2.75) is 37.5 Å². The summed E-state index contributed by atoms with van der Waals surface area (Å²) < 4.78 is 5.54. The maximum absolute atomic E-state index is 12.9. The number of rotatable bonds is 4. The van der Waals surface area contributed by atoms with E-state index in [1.807, 2.05) is 18.2 Å². The number of benzene rings is 2. The standard InChI is InChI=1S/C26H27N3O4/c1-33-20-4-2-3-17(11-20)26-9-10-28(25(30)16-5-6-16)15-18(26)12-21-22-13-19(29(31)32)7-8-23(22)27-24(21)14-26/h2-4,7-8,11,13,16,18,27H,5-6,9-10,12,14-15H2,1H3/t18?,26-/m1/s1. The van der Waals surface area contributed by atoms with Crippen molar-refractivity contribution < 1.29 is 14.5 Å². The van der Waals surface area contributed by atoms with Crippen molar-refractivity contribution in [1.82, 2.24) is 9.88 Å². The lowest BCUT2D eigenvalue weighted by Gasteiger charge is -2.51. The van der Waals surface area contributed by atoms with Crippen molar-refractivity contribution in [2.75, 3.05) is 20.2 Å². The highest BCUT2D eigenvalue weighted by Crippen LogP contribution is 2.50. The van der Waals surface area contributed by atoms with Crippen LogP contribution in [0.25, 0.3) is 10.9 Å². The number of aromatic nitrogens is 1. The predicted octanol–water partition coefficient (Wildman–Crippen LogP) is 4.38. The Morgan fingerprint density at radius 1 is 1.24 bits per heavy atom. The van der Waals surface area contributed by atoms with E-state index in [0.29, 0.717) is 5.91 Å². The van der Waals surface area contributed by atoms with E-state index in [0.717, 1.165) is 73.1 Å². The van der Waals surface area contributed by atoms with Crippen LogP contribution in [0, 0.1) is 22.0 Å². The number of hydrogen-bond donors (Lipinski definition) is 1. The first-order chi connectivity index (χ1) is 16.0. The molecule has 1 saturated carbocycles. The van der Waals surface area contributed by atoms with Crippen LogP contribution in [-0.4, -0.2) is 40.9 Å². The quantitative estimate of drug-likeness (QED) is 0.477. The Balaban J connectivity index is 1.46. The average Bonchev–Trinajstić information content (AvgIpc) is 3.63. The Kier molecular flexibility index (Phi) is 4.50. The van der Waals surface area contributed by atoms with Gasteiger partial charge in [0.15, 0.2) is 0 Å². The highest BCUT2D eigenvalue weighted by atomic mass is 16.6. The molecule has 2 heterocycles. The number of H-pyrrole nitrogens is 1. The number of carbonyl (C=O) groups excluding carboxylic acids is 1. The number of nitro benzene ring substituents is 1. The maximum Gasteiger partial charge on any atom is 0.270 e. The summed E-state index contributed by atoms with van der Waals surface area (Å²) in [6, 6.07) is 13.4. The molecule has 1 aliphatic heterocycles. The Bertz CT molecular complexity index is 1280. The molecule has 6 rings (SSSR count). The van der Waals surface area contributed by atoms with Gasteiger partial charge in [-0.25, -0.2) is 0 Å². The van der Waals surface area contributed by atoms with E-state index in [9.17, 15) is 14.9 Å². The van der Waals surface area contributed by atoms with Crippen LogP contribution in [0.15, 0.2) is 42.5 Å². The third-order valence-corrected chi connectivity index (χ3v) is 8.06. The molecule has 2 aromatic carbocycles.